The Balaban J connectivity index is 1.36. The quantitative estimate of drug-likeness (QED) is 0.141. The number of fused-ring (bicyclic) bond motifs is 6. The lowest BCUT2D eigenvalue weighted by Crippen LogP contribution is -2.63. The Hall–Kier alpha value is -5.69. The van der Waals surface area contributed by atoms with Gasteiger partial charge < -0.3 is 9.80 Å². The molecule has 8 aromatic carbocycles. The second-order valence-corrected chi connectivity index (χ2v) is 31.0. The molecule has 4 heteroatoms. The Bertz CT molecular complexity index is 2990. The van der Waals surface area contributed by atoms with E-state index in [1.807, 2.05) is 0 Å². The Morgan fingerprint density at radius 2 is 0.869 bits per heavy atom. The Morgan fingerprint density at radius 1 is 0.377 bits per heavy atom. The third-order valence-corrected chi connectivity index (χ3v) is 23.7. The summed E-state index contributed by atoms with van der Waals surface area (Å²) < 4.78 is -0.0714. The van der Waals surface area contributed by atoms with Gasteiger partial charge in [-0.25, -0.2) is 0 Å². The van der Waals surface area contributed by atoms with Gasteiger partial charge in [-0.1, -0.05) is 135 Å². The normalized spacial score (nSPS) is 13.4. The van der Waals surface area contributed by atoms with E-state index in [-0.39, 0.29) is 4.66 Å². The molecule has 1 aliphatic carbocycles. The predicted octanol–water partition coefficient (Wildman–Crippen LogP) is 16.8. The van der Waals surface area contributed by atoms with Gasteiger partial charge in [0.2, 0.25) is 0 Å². The van der Waals surface area contributed by atoms with E-state index in [4.69, 9.17) is 0 Å². The van der Waals surface area contributed by atoms with Gasteiger partial charge in [0, 0.05) is 38.5 Å². The first-order chi connectivity index (χ1) is 29.0. The van der Waals surface area contributed by atoms with Gasteiger partial charge in [0.15, 0.2) is 0 Å². The van der Waals surface area contributed by atoms with E-state index in [2.05, 4.69) is 236 Å². The number of benzene rings is 8. The average molecular weight is 829 g/mol. The minimum absolute atomic E-state index is 0.0714. The van der Waals surface area contributed by atoms with Crippen LogP contribution in [0.5, 0.6) is 0 Å². The summed E-state index contributed by atoms with van der Waals surface area (Å²) in [7, 11) is -4.12. The van der Waals surface area contributed by atoms with Gasteiger partial charge in [-0.05, 0) is 163 Å². The van der Waals surface area contributed by atoms with Crippen LogP contribution >= 0.6 is 0 Å². The molecule has 0 fully saturated rings. The van der Waals surface area contributed by atoms with Gasteiger partial charge in [0.1, 0.15) is 0 Å². The van der Waals surface area contributed by atoms with Crippen molar-refractivity contribution in [1.29, 1.82) is 0 Å². The van der Waals surface area contributed by atoms with Crippen LogP contribution in [0.1, 0.15) is 44.5 Å². The zero-order valence-corrected chi connectivity index (χ0v) is 40.3. The van der Waals surface area contributed by atoms with Crippen LogP contribution in [0, 0.1) is 41.5 Å². The van der Waals surface area contributed by atoms with E-state index in [1.54, 1.807) is 0 Å². The van der Waals surface area contributed by atoms with Crippen molar-refractivity contribution in [3.8, 4) is 11.1 Å². The number of hydrogen-bond acceptors (Lipinski definition) is 2. The van der Waals surface area contributed by atoms with Crippen molar-refractivity contribution in [1.82, 2.24) is 0 Å². The number of anilines is 6. The first-order valence-electron chi connectivity index (χ1n) is 22.0. The van der Waals surface area contributed by atoms with Gasteiger partial charge >= 0.3 is 0 Å². The minimum atomic E-state index is -2.06. The largest absolute Gasteiger partial charge is 0.310 e. The zero-order chi connectivity index (χ0) is 43.2. The fourth-order valence-electron chi connectivity index (χ4n) is 11.1. The second kappa shape index (κ2) is 14.7. The van der Waals surface area contributed by atoms with Crippen LogP contribution in [0.15, 0.2) is 146 Å². The highest BCUT2D eigenvalue weighted by atomic mass is 28.4. The molecule has 0 bridgehead atoms. The maximum Gasteiger partial charge on any atom is 0.0579 e. The maximum atomic E-state index is 2.66. The smallest absolute Gasteiger partial charge is 0.0579 e. The Labute approximate surface area is 366 Å². The van der Waals surface area contributed by atoms with Crippen LogP contribution in [-0.2, 0) is 4.66 Å². The van der Waals surface area contributed by atoms with Crippen molar-refractivity contribution < 1.29 is 0 Å². The summed E-state index contributed by atoms with van der Waals surface area (Å²) in [6.07, 6.45) is 0. The van der Waals surface area contributed by atoms with Gasteiger partial charge in [-0.2, -0.15) is 0 Å². The molecule has 0 radical (unpaired) electrons. The lowest BCUT2D eigenvalue weighted by molar-refractivity contribution is 0.954. The maximum absolute atomic E-state index is 2.66. The van der Waals surface area contributed by atoms with Gasteiger partial charge in [-0.15, -0.1) is 0 Å². The van der Waals surface area contributed by atoms with Crippen LogP contribution in [0.25, 0.3) is 32.7 Å². The number of rotatable bonds is 8. The molecule has 0 atom stereocenters. The molecule has 0 saturated heterocycles. The summed E-state index contributed by atoms with van der Waals surface area (Å²) in [6.45, 7) is 29.1. The summed E-state index contributed by atoms with van der Waals surface area (Å²) in [5, 5.41) is 5.21. The first kappa shape index (κ1) is 40.7. The highest BCUT2D eigenvalue weighted by molar-refractivity contribution is 6.99. The molecule has 0 spiro atoms. The zero-order valence-electron chi connectivity index (χ0n) is 38.3. The third-order valence-electron chi connectivity index (χ3n) is 13.6. The monoisotopic (exact) mass is 828 g/mol. The first-order valence-corrected chi connectivity index (χ1v) is 29.0. The third kappa shape index (κ3) is 6.58. The van der Waals surface area contributed by atoms with E-state index in [1.165, 1.54) is 111 Å². The fourth-order valence-corrected chi connectivity index (χ4v) is 24.1. The van der Waals surface area contributed by atoms with E-state index >= 15 is 0 Å². The summed E-state index contributed by atoms with van der Waals surface area (Å²) in [5.74, 6) is 0. The number of hydrogen-bond donors (Lipinski definition) is 0. The Kier molecular flexibility index (Phi) is 9.84. The van der Waals surface area contributed by atoms with Crippen molar-refractivity contribution >= 4 is 71.8 Å². The standard InChI is InChI=1S/C57H60N2Si2/c1-37-19-26-45(27-20-37)58(53-31-39(3)17-23-41(53)5)47-30-25-43-34-50-51(35-44(43)33-47)57(60(7,8)9,61(10,11)12)52-36-55(48-15-13-14-16-49(48)56(50)52)59(46-28-21-38(2)22-29-46)54-32-40(4)18-24-42(54)6/h13-36H,1-12H3. The molecule has 2 nitrogen and oxygen atoms in total. The lowest BCUT2D eigenvalue weighted by atomic mass is 9.94. The minimum Gasteiger partial charge on any atom is -0.310 e. The van der Waals surface area contributed by atoms with Gasteiger partial charge in [0.25, 0.3) is 0 Å². The summed E-state index contributed by atoms with van der Waals surface area (Å²) in [6, 6.07) is 56.1. The molecular formula is C57H60N2Si2. The molecule has 0 saturated carbocycles. The molecule has 0 N–H and O–H groups in total. The SMILES string of the molecule is Cc1ccc(N(c2ccc3cc4c(cc3c2)C([Si](C)(C)C)([Si](C)(C)C)c2cc(N(c3ccc(C)cc3)c3cc(C)ccc3C)c3ccccc3c2-4)c2cc(C)ccc2C)cc1. The average Bonchev–Trinajstić information content (AvgIpc) is 3.52. The van der Waals surface area contributed by atoms with Crippen molar-refractivity contribution in [2.24, 2.45) is 0 Å². The summed E-state index contributed by atoms with van der Waals surface area (Å²) in [5.41, 5.74) is 20.8. The van der Waals surface area contributed by atoms with Crippen molar-refractivity contribution in [3.05, 3.63) is 190 Å². The van der Waals surface area contributed by atoms with Crippen LogP contribution in [0.4, 0.5) is 34.1 Å². The predicted molar refractivity (Wildman–Crippen MR) is 272 cm³/mol. The molecule has 0 aliphatic heterocycles. The van der Waals surface area contributed by atoms with Crippen LogP contribution in [0.2, 0.25) is 39.3 Å². The van der Waals surface area contributed by atoms with Crippen molar-refractivity contribution in [2.45, 2.75) is 85.5 Å². The Morgan fingerprint density at radius 3 is 1.43 bits per heavy atom. The summed E-state index contributed by atoms with van der Waals surface area (Å²) >= 11 is 0. The number of aryl methyl sites for hydroxylation is 6. The van der Waals surface area contributed by atoms with Gasteiger partial charge in [0.05, 0.1) is 21.8 Å². The highest BCUT2D eigenvalue weighted by Gasteiger charge is 2.59. The molecule has 9 rings (SSSR count). The number of nitrogens with zero attached hydrogens (tertiary/aromatic N) is 2. The second-order valence-electron chi connectivity index (χ2n) is 20.0. The lowest BCUT2D eigenvalue weighted by Gasteiger charge is -2.51. The molecule has 0 aromatic heterocycles. The molecule has 8 aromatic rings. The molecule has 61 heavy (non-hydrogen) atoms. The van der Waals surface area contributed by atoms with E-state index in [0.29, 0.717) is 0 Å². The molecule has 1 aliphatic rings. The van der Waals surface area contributed by atoms with Crippen LogP contribution in [0.3, 0.4) is 0 Å². The van der Waals surface area contributed by atoms with Gasteiger partial charge in [-0.3, -0.25) is 0 Å². The molecule has 0 heterocycles. The van der Waals surface area contributed by atoms with E-state index in [9.17, 15) is 0 Å². The highest BCUT2D eigenvalue weighted by Crippen LogP contribution is 2.62. The van der Waals surface area contributed by atoms with Crippen LogP contribution in [-0.4, -0.2) is 16.1 Å². The van der Waals surface area contributed by atoms with E-state index < -0.39 is 16.1 Å². The molecule has 0 unspecified atom stereocenters. The summed E-state index contributed by atoms with van der Waals surface area (Å²) in [4.78, 5) is 5.02. The van der Waals surface area contributed by atoms with Crippen molar-refractivity contribution in [2.75, 3.05) is 9.80 Å². The molecular weight excluding hydrogens is 769 g/mol. The topological polar surface area (TPSA) is 6.48 Å². The van der Waals surface area contributed by atoms with E-state index in [0.717, 1.165) is 0 Å². The molecule has 306 valence electrons. The fraction of sp³-hybridized carbons (Fsp3) is 0.228. The van der Waals surface area contributed by atoms with Crippen molar-refractivity contribution in [3.63, 3.8) is 0 Å². The molecule has 0 amide bonds. The van der Waals surface area contributed by atoms with Crippen LogP contribution < -0.4 is 9.80 Å².